The summed E-state index contributed by atoms with van der Waals surface area (Å²) in [5.74, 6) is -0.354. The molecule has 0 spiro atoms. The zero-order valence-electron chi connectivity index (χ0n) is 12.6. The van der Waals surface area contributed by atoms with E-state index in [1.54, 1.807) is 25.1 Å². The first-order chi connectivity index (χ1) is 11.3. The molecule has 2 aromatic carbocycles. The number of nitriles is 1. The van der Waals surface area contributed by atoms with Gasteiger partial charge in [-0.1, -0.05) is 12.1 Å². The predicted molar refractivity (Wildman–Crippen MR) is 86.5 cm³/mol. The normalized spacial score (nSPS) is 12.3. The van der Waals surface area contributed by atoms with E-state index in [0.29, 0.717) is 16.1 Å². The molecule has 1 N–H and O–H groups in total. The first-order valence-electron chi connectivity index (χ1n) is 6.94. The van der Waals surface area contributed by atoms with Crippen LogP contribution in [0.15, 0.2) is 53.4 Å². The summed E-state index contributed by atoms with van der Waals surface area (Å²) in [5, 5.41) is 10.9. The van der Waals surface area contributed by atoms with Crippen molar-refractivity contribution < 1.29 is 18.0 Å². The van der Waals surface area contributed by atoms with Crippen LogP contribution < -0.4 is 5.32 Å². The van der Waals surface area contributed by atoms with Crippen LogP contribution in [0.4, 0.5) is 18.9 Å². The molecule has 0 heterocycles. The summed E-state index contributed by atoms with van der Waals surface area (Å²) in [4.78, 5) is 12.5. The van der Waals surface area contributed by atoms with Crippen molar-refractivity contribution in [3.05, 3.63) is 59.7 Å². The Labute approximate surface area is 141 Å². The Kier molecular flexibility index (Phi) is 5.52. The van der Waals surface area contributed by atoms with Gasteiger partial charge in [0.2, 0.25) is 5.91 Å². The van der Waals surface area contributed by atoms with Gasteiger partial charge in [0.25, 0.3) is 0 Å². The van der Waals surface area contributed by atoms with Gasteiger partial charge in [-0.2, -0.15) is 18.4 Å². The lowest BCUT2D eigenvalue weighted by atomic mass is 10.2. The van der Waals surface area contributed by atoms with Crippen LogP contribution in [0.3, 0.4) is 0 Å². The van der Waals surface area contributed by atoms with Crippen LogP contribution in [-0.2, 0) is 11.0 Å². The van der Waals surface area contributed by atoms with Crippen LogP contribution in [0.1, 0.15) is 18.1 Å². The van der Waals surface area contributed by atoms with Gasteiger partial charge in [0.05, 0.1) is 22.4 Å². The molecule has 0 fully saturated rings. The van der Waals surface area contributed by atoms with Crippen molar-refractivity contribution >= 4 is 23.4 Å². The third kappa shape index (κ3) is 4.77. The molecule has 0 aromatic heterocycles. The molecule has 0 radical (unpaired) electrons. The molecule has 124 valence electrons. The van der Waals surface area contributed by atoms with E-state index in [-0.39, 0.29) is 5.91 Å². The average Bonchev–Trinajstić information content (AvgIpc) is 2.54. The topological polar surface area (TPSA) is 52.9 Å². The number of nitrogens with one attached hydrogen (secondary N) is 1. The molecule has 2 aromatic rings. The number of carbonyl (C=O) groups excluding carboxylic acids is 1. The second-order valence-electron chi connectivity index (χ2n) is 4.97. The van der Waals surface area contributed by atoms with Gasteiger partial charge in [-0.15, -0.1) is 11.8 Å². The van der Waals surface area contributed by atoms with Crippen LogP contribution >= 0.6 is 11.8 Å². The number of alkyl halides is 3. The molecule has 0 saturated heterocycles. The number of rotatable bonds is 4. The maximum Gasteiger partial charge on any atom is 0.416 e. The molecule has 0 aliphatic rings. The van der Waals surface area contributed by atoms with Gasteiger partial charge in [-0.25, -0.2) is 0 Å². The average molecular weight is 350 g/mol. The van der Waals surface area contributed by atoms with Crippen LogP contribution in [0.5, 0.6) is 0 Å². The minimum absolute atomic E-state index is 0.354. The molecule has 0 saturated carbocycles. The number of halogens is 3. The van der Waals surface area contributed by atoms with Gasteiger partial charge in [0.15, 0.2) is 0 Å². The Morgan fingerprint density at radius 1 is 1.21 bits per heavy atom. The molecular weight excluding hydrogens is 337 g/mol. The van der Waals surface area contributed by atoms with Gasteiger partial charge >= 0.3 is 6.18 Å². The first kappa shape index (κ1) is 17.9. The van der Waals surface area contributed by atoms with Crippen molar-refractivity contribution in [3.63, 3.8) is 0 Å². The zero-order valence-corrected chi connectivity index (χ0v) is 13.4. The molecule has 0 aliphatic carbocycles. The number of hydrogen-bond donors (Lipinski definition) is 1. The van der Waals surface area contributed by atoms with Crippen LogP contribution in [0.2, 0.25) is 0 Å². The molecule has 3 nitrogen and oxygen atoms in total. The maximum atomic E-state index is 12.7. The SMILES string of the molecule is C[C@@H](Sc1cccc(C(F)(F)F)c1)C(=O)Nc1cccc(C#N)c1. The van der Waals surface area contributed by atoms with E-state index >= 15 is 0 Å². The molecular formula is C17H13F3N2OS. The van der Waals surface area contributed by atoms with E-state index in [1.165, 1.54) is 18.2 Å². The van der Waals surface area contributed by atoms with Gasteiger partial charge < -0.3 is 5.32 Å². The quantitative estimate of drug-likeness (QED) is 0.814. The number of anilines is 1. The van der Waals surface area contributed by atoms with Crippen LogP contribution in [0.25, 0.3) is 0 Å². The number of benzene rings is 2. The lowest BCUT2D eigenvalue weighted by Crippen LogP contribution is -2.22. The number of amides is 1. The molecule has 0 bridgehead atoms. The smallest absolute Gasteiger partial charge is 0.325 e. The monoisotopic (exact) mass is 350 g/mol. The Bertz CT molecular complexity index is 784. The van der Waals surface area contributed by atoms with Crippen LogP contribution in [0, 0.1) is 11.3 Å². The minimum atomic E-state index is -4.42. The molecule has 2 rings (SSSR count). The molecule has 24 heavy (non-hydrogen) atoms. The first-order valence-corrected chi connectivity index (χ1v) is 7.82. The summed E-state index contributed by atoms with van der Waals surface area (Å²) < 4.78 is 38.1. The number of hydrogen-bond acceptors (Lipinski definition) is 3. The zero-order chi connectivity index (χ0) is 17.7. The van der Waals surface area contributed by atoms with E-state index in [4.69, 9.17) is 5.26 Å². The van der Waals surface area contributed by atoms with Crippen molar-refractivity contribution in [1.82, 2.24) is 0 Å². The fourth-order valence-corrected chi connectivity index (χ4v) is 2.84. The summed E-state index contributed by atoms with van der Waals surface area (Å²) in [6.45, 7) is 1.61. The number of carbonyl (C=O) groups is 1. The van der Waals surface area contributed by atoms with Crippen molar-refractivity contribution in [2.75, 3.05) is 5.32 Å². The molecule has 1 atom stereocenters. The Hall–Kier alpha value is -2.46. The summed E-state index contributed by atoms with van der Waals surface area (Å²) in [6, 6.07) is 13.2. The van der Waals surface area contributed by atoms with Gasteiger partial charge in [0, 0.05) is 10.6 Å². The lowest BCUT2D eigenvalue weighted by molar-refractivity contribution is -0.137. The number of nitrogens with zero attached hydrogens (tertiary/aromatic N) is 1. The Morgan fingerprint density at radius 3 is 2.58 bits per heavy atom. The number of thioether (sulfide) groups is 1. The highest BCUT2D eigenvalue weighted by Gasteiger charge is 2.30. The molecule has 7 heteroatoms. The van der Waals surface area contributed by atoms with Crippen molar-refractivity contribution in [2.45, 2.75) is 23.2 Å². The van der Waals surface area contributed by atoms with Gasteiger partial charge in [0.1, 0.15) is 0 Å². The highest BCUT2D eigenvalue weighted by molar-refractivity contribution is 8.00. The van der Waals surface area contributed by atoms with Crippen molar-refractivity contribution in [2.24, 2.45) is 0 Å². The van der Waals surface area contributed by atoms with Crippen molar-refractivity contribution in [3.8, 4) is 6.07 Å². The molecule has 1 amide bonds. The van der Waals surface area contributed by atoms with E-state index in [2.05, 4.69) is 5.32 Å². The summed E-state index contributed by atoms with van der Waals surface area (Å²) in [6.07, 6.45) is -4.42. The highest BCUT2D eigenvalue weighted by atomic mass is 32.2. The summed E-state index contributed by atoms with van der Waals surface area (Å²) in [7, 11) is 0. The second kappa shape index (κ2) is 7.41. The van der Waals surface area contributed by atoms with E-state index in [1.807, 2.05) is 6.07 Å². The summed E-state index contributed by atoms with van der Waals surface area (Å²) in [5.41, 5.74) is 0.128. The fourth-order valence-electron chi connectivity index (χ4n) is 1.91. The van der Waals surface area contributed by atoms with E-state index < -0.39 is 17.0 Å². The largest absolute Gasteiger partial charge is 0.416 e. The Balaban J connectivity index is 2.05. The highest BCUT2D eigenvalue weighted by Crippen LogP contribution is 2.33. The molecule has 0 aliphatic heterocycles. The van der Waals surface area contributed by atoms with Crippen LogP contribution in [-0.4, -0.2) is 11.2 Å². The minimum Gasteiger partial charge on any atom is -0.325 e. The fraction of sp³-hybridized carbons (Fsp3) is 0.176. The second-order valence-corrected chi connectivity index (χ2v) is 6.38. The molecule has 0 unspecified atom stereocenters. The third-order valence-corrected chi connectivity index (χ3v) is 4.20. The standard InChI is InChI=1S/C17H13F3N2OS/c1-11(16(23)22-14-6-2-4-12(8-14)10-21)24-15-7-3-5-13(9-15)17(18,19)20/h2-9,11H,1H3,(H,22,23)/t11-/m1/s1. The van der Waals surface area contributed by atoms with E-state index in [9.17, 15) is 18.0 Å². The van der Waals surface area contributed by atoms with Gasteiger partial charge in [-0.3, -0.25) is 4.79 Å². The maximum absolute atomic E-state index is 12.7. The van der Waals surface area contributed by atoms with E-state index in [0.717, 1.165) is 23.9 Å². The van der Waals surface area contributed by atoms with Crippen molar-refractivity contribution in [1.29, 1.82) is 5.26 Å². The summed E-state index contributed by atoms with van der Waals surface area (Å²) >= 11 is 1.03. The third-order valence-electron chi connectivity index (χ3n) is 3.10. The Morgan fingerprint density at radius 2 is 1.92 bits per heavy atom. The van der Waals surface area contributed by atoms with Gasteiger partial charge in [-0.05, 0) is 43.3 Å². The lowest BCUT2D eigenvalue weighted by Gasteiger charge is -2.13. The predicted octanol–water partition coefficient (Wildman–Crippen LogP) is 4.70.